The molecule has 0 radical (unpaired) electrons. The summed E-state index contributed by atoms with van der Waals surface area (Å²) >= 11 is 0. The van der Waals surface area contributed by atoms with E-state index >= 15 is 0 Å². The van der Waals surface area contributed by atoms with Crippen molar-refractivity contribution in [2.75, 3.05) is 6.67 Å². The van der Waals surface area contributed by atoms with Gasteiger partial charge in [-0.2, -0.15) is 0 Å². The summed E-state index contributed by atoms with van der Waals surface area (Å²) in [5.41, 5.74) is 1.33. The van der Waals surface area contributed by atoms with Crippen LogP contribution in [0.3, 0.4) is 0 Å². The molecule has 2 aromatic carbocycles. The minimum absolute atomic E-state index is 0.0525. The number of carbonyl (C=O) groups is 6. The van der Waals surface area contributed by atoms with Gasteiger partial charge in [0.05, 0.1) is 25.0 Å². The topological polar surface area (TPSA) is 205 Å². The van der Waals surface area contributed by atoms with E-state index in [4.69, 9.17) is 14.4 Å². The first-order valence-corrected chi connectivity index (χ1v) is 16.0. The third kappa shape index (κ3) is 11.6. The fourth-order valence-electron chi connectivity index (χ4n) is 5.16. The van der Waals surface area contributed by atoms with Crippen molar-refractivity contribution in [3.05, 3.63) is 83.6 Å². The Labute approximate surface area is 283 Å². The maximum atomic E-state index is 13.4. The second-order valence-electron chi connectivity index (χ2n) is 11.2. The Hall–Kier alpha value is -5.50. The SMILES string of the molecule is CCCCC[C@@H](C(=O)NCNC(=O)c1ccc(-c2cccc(C(=O)NC(CC(=O)O)C(=O)O)c2)o1)[C@@H](CC)N(C=O)OCc1ccccc1. The van der Waals surface area contributed by atoms with Gasteiger partial charge >= 0.3 is 11.9 Å². The van der Waals surface area contributed by atoms with Crippen LogP contribution >= 0.6 is 0 Å². The Bertz CT molecular complexity index is 1580. The number of hydrogen-bond acceptors (Lipinski definition) is 8. The van der Waals surface area contributed by atoms with E-state index in [2.05, 4.69) is 22.9 Å². The lowest BCUT2D eigenvalue weighted by Crippen LogP contribution is -2.48. The molecule has 4 amide bonds. The first-order valence-electron chi connectivity index (χ1n) is 16.0. The van der Waals surface area contributed by atoms with Gasteiger partial charge in [-0.15, -0.1) is 0 Å². The van der Waals surface area contributed by atoms with Gasteiger partial charge < -0.3 is 30.6 Å². The fraction of sp³-hybridized carbons (Fsp3) is 0.371. The van der Waals surface area contributed by atoms with Crippen LogP contribution in [0.15, 0.2) is 71.1 Å². The number of nitrogens with zero attached hydrogens (tertiary/aromatic N) is 1. The molecule has 0 spiro atoms. The standard InChI is InChI=1S/C35H42N4O10/c1-3-5-7-15-26(28(4-2)39(22-40)48-20-23-11-8-6-9-12-23)33(44)36-21-37-34(45)30-17-16-29(49-30)24-13-10-14-25(18-24)32(43)38-27(35(46)47)19-31(41)42/h6,8-14,16-18,22,26-28H,3-5,7,15,19-21H2,1-2H3,(H,36,44)(H,37,45)(H,38,43)(H,41,42)(H,46,47)/t26-,27?,28-/m1/s1. The van der Waals surface area contributed by atoms with Gasteiger partial charge in [0.1, 0.15) is 18.4 Å². The van der Waals surface area contributed by atoms with Crippen molar-refractivity contribution >= 4 is 36.1 Å². The van der Waals surface area contributed by atoms with E-state index < -0.39 is 48.2 Å². The smallest absolute Gasteiger partial charge is 0.326 e. The molecule has 1 unspecified atom stereocenters. The van der Waals surface area contributed by atoms with E-state index in [-0.39, 0.29) is 36.3 Å². The summed E-state index contributed by atoms with van der Waals surface area (Å²) in [6.45, 7) is 3.88. The zero-order valence-corrected chi connectivity index (χ0v) is 27.4. The lowest BCUT2D eigenvalue weighted by molar-refractivity contribution is -0.200. The molecule has 3 atom stereocenters. The predicted octanol–water partition coefficient (Wildman–Crippen LogP) is 3.97. The Kier molecular flexibility index (Phi) is 15.0. The Morgan fingerprint density at radius 3 is 2.33 bits per heavy atom. The Balaban J connectivity index is 1.62. The van der Waals surface area contributed by atoms with E-state index in [1.165, 1.54) is 35.4 Å². The van der Waals surface area contributed by atoms with E-state index in [1.807, 2.05) is 37.3 Å². The molecule has 14 nitrogen and oxygen atoms in total. The lowest BCUT2D eigenvalue weighted by Gasteiger charge is -2.32. The van der Waals surface area contributed by atoms with E-state index in [0.29, 0.717) is 24.8 Å². The number of furan rings is 1. The quantitative estimate of drug-likeness (QED) is 0.0474. The number of rotatable bonds is 21. The maximum Gasteiger partial charge on any atom is 0.326 e. The second-order valence-corrected chi connectivity index (χ2v) is 11.2. The summed E-state index contributed by atoms with van der Waals surface area (Å²) in [5.74, 6) is -5.06. The van der Waals surface area contributed by atoms with Gasteiger partial charge in [0.25, 0.3) is 11.8 Å². The molecule has 49 heavy (non-hydrogen) atoms. The van der Waals surface area contributed by atoms with Gasteiger partial charge in [-0.05, 0) is 42.7 Å². The van der Waals surface area contributed by atoms with Gasteiger partial charge in [0, 0.05) is 11.1 Å². The highest BCUT2D eigenvalue weighted by Gasteiger charge is 2.32. The second kappa shape index (κ2) is 19.4. The third-order valence-electron chi connectivity index (χ3n) is 7.72. The molecule has 14 heteroatoms. The van der Waals surface area contributed by atoms with E-state index in [0.717, 1.165) is 24.8 Å². The van der Waals surface area contributed by atoms with Crippen molar-refractivity contribution in [3.63, 3.8) is 0 Å². The molecule has 0 saturated carbocycles. The monoisotopic (exact) mass is 678 g/mol. The van der Waals surface area contributed by atoms with Gasteiger partial charge in [-0.1, -0.05) is 75.6 Å². The number of amides is 4. The zero-order chi connectivity index (χ0) is 35.8. The van der Waals surface area contributed by atoms with Crippen molar-refractivity contribution in [1.82, 2.24) is 21.0 Å². The highest BCUT2D eigenvalue weighted by atomic mass is 16.7. The average molecular weight is 679 g/mol. The molecule has 1 aromatic heterocycles. The normalized spacial score (nSPS) is 12.6. The summed E-state index contributed by atoms with van der Waals surface area (Å²) in [7, 11) is 0. The molecular weight excluding hydrogens is 636 g/mol. The van der Waals surface area contributed by atoms with Crippen molar-refractivity contribution in [2.24, 2.45) is 5.92 Å². The first-order chi connectivity index (χ1) is 23.6. The van der Waals surface area contributed by atoms with Crippen LogP contribution in [-0.4, -0.2) is 70.1 Å². The fourth-order valence-corrected chi connectivity index (χ4v) is 5.16. The molecule has 262 valence electrons. The van der Waals surface area contributed by atoms with Crippen LogP contribution < -0.4 is 16.0 Å². The summed E-state index contributed by atoms with van der Waals surface area (Å²) < 4.78 is 5.68. The minimum atomic E-state index is -1.62. The lowest BCUT2D eigenvalue weighted by atomic mass is 9.90. The summed E-state index contributed by atoms with van der Waals surface area (Å²) in [6.07, 6.45) is 3.39. The van der Waals surface area contributed by atoms with Gasteiger partial charge in [-0.3, -0.25) is 28.8 Å². The first kappa shape index (κ1) is 38.0. The number of unbranched alkanes of at least 4 members (excludes halogenated alkanes) is 2. The number of hydrogen-bond donors (Lipinski definition) is 5. The summed E-state index contributed by atoms with van der Waals surface area (Å²) in [6, 6.07) is 16.1. The molecule has 0 aliphatic rings. The molecule has 0 aliphatic heterocycles. The van der Waals surface area contributed by atoms with E-state index in [1.54, 1.807) is 6.07 Å². The molecule has 1 heterocycles. The van der Waals surface area contributed by atoms with Crippen molar-refractivity contribution < 1.29 is 48.2 Å². The van der Waals surface area contributed by atoms with Crippen LogP contribution in [0.25, 0.3) is 11.3 Å². The van der Waals surface area contributed by atoms with Crippen LogP contribution in [-0.2, 0) is 30.6 Å². The summed E-state index contributed by atoms with van der Waals surface area (Å²) in [5, 5.41) is 26.8. The molecule has 0 fully saturated rings. The number of carboxylic acids is 2. The minimum Gasteiger partial charge on any atom is -0.481 e. The average Bonchev–Trinajstić information content (AvgIpc) is 3.60. The number of carbonyl (C=O) groups excluding carboxylic acids is 4. The number of carboxylic acid groups (broad SMARTS) is 2. The summed E-state index contributed by atoms with van der Waals surface area (Å²) in [4.78, 5) is 79.0. The molecule has 3 aromatic rings. The number of aliphatic carboxylic acids is 2. The number of benzene rings is 2. The molecule has 3 rings (SSSR count). The van der Waals surface area contributed by atoms with Gasteiger partial charge in [0.15, 0.2) is 5.76 Å². The third-order valence-corrected chi connectivity index (χ3v) is 7.72. The molecule has 0 aliphatic carbocycles. The van der Waals surface area contributed by atoms with Crippen LogP contribution in [0.2, 0.25) is 0 Å². The molecule has 5 N–H and O–H groups in total. The molecular formula is C35H42N4O10. The van der Waals surface area contributed by atoms with Crippen molar-refractivity contribution in [3.8, 4) is 11.3 Å². The Morgan fingerprint density at radius 2 is 1.67 bits per heavy atom. The van der Waals surface area contributed by atoms with Crippen LogP contribution in [0.5, 0.6) is 0 Å². The number of hydroxylamine groups is 2. The van der Waals surface area contributed by atoms with Crippen LogP contribution in [0, 0.1) is 5.92 Å². The van der Waals surface area contributed by atoms with Crippen molar-refractivity contribution in [1.29, 1.82) is 0 Å². The predicted molar refractivity (Wildman–Crippen MR) is 177 cm³/mol. The van der Waals surface area contributed by atoms with Crippen molar-refractivity contribution in [2.45, 2.75) is 71.1 Å². The molecule has 0 bridgehead atoms. The zero-order valence-electron chi connectivity index (χ0n) is 27.4. The van der Waals surface area contributed by atoms with Crippen LogP contribution in [0.1, 0.15) is 78.8 Å². The van der Waals surface area contributed by atoms with Gasteiger partial charge in [0.2, 0.25) is 12.3 Å². The largest absolute Gasteiger partial charge is 0.481 e. The highest BCUT2D eigenvalue weighted by molar-refractivity contribution is 5.98. The maximum absolute atomic E-state index is 13.4. The van der Waals surface area contributed by atoms with Crippen LogP contribution in [0.4, 0.5) is 0 Å². The highest BCUT2D eigenvalue weighted by Crippen LogP contribution is 2.24. The van der Waals surface area contributed by atoms with Gasteiger partial charge in [-0.25, -0.2) is 9.86 Å². The van der Waals surface area contributed by atoms with E-state index in [9.17, 15) is 33.9 Å². The Morgan fingerprint density at radius 1 is 0.918 bits per heavy atom. The number of nitrogens with one attached hydrogen (secondary N) is 3. The molecule has 0 saturated heterocycles.